The van der Waals surface area contributed by atoms with Crippen LogP contribution in [0.4, 0.5) is 4.39 Å². The molecule has 30 heavy (non-hydrogen) atoms. The highest BCUT2D eigenvalue weighted by Crippen LogP contribution is 2.30. The first-order valence-electron chi connectivity index (χ1n) is 9.56. The molecule has 0 radical (unpaired) electrons. The van der Waals surface area contributed by atoms with Crippen LogP contribution >= 0.6 is 11.6 Å². The van der Waals surface area contributed by atoms with Gasteiger partial charge in [-0.25, -0.2) is 12.8 Å². The van der Waals surface area contributed by atoms with E-state index in [1.54, 1.807) is 25.2 Å². The van der Waals surface area contributed by atoms with Crippen LogP contribution in [0, 0.1) is 11.7 Å². The van der Waals surface area contributed by atoms with Crippen molar-refractivity contribution in [3.63, 3.8) is 0 Å². The summed E-state index contributed by atoms with van der Waals surface area (Å²) >= 11 is 6.07. The minimum absolute atomic E-state index is 0.0924. The molecule has 1 aliphatic heterocycles. The maximum absolute atomic E-state index is 13.8. The molecular formula is C21H24ClFN2O4S. The summed E-state index contributed by atoms with van der Waals surface area (Å²) in [7, 11) is -0.619. The van der Waals surface area contributed by atoms with Gasteiger partial charge in [-0.15, -0.1) is 0 Å². The van der Waals surface area contributed by atoms with E-state index in [0.29, 0.717) is 24.2 Å². The number of rotatable bonds is 6. The van der Waals surface area contributed by atoms with Gasteiger partial charge in [0.2, 0.25) is 15.9 Å². The first kappa shape index (κ1) is 22.5. The summed E-state index contributed by atoms with van der Waals surface area (Å²) in [5, 5.41) is 0.221. The van der Waals surface area contributed by atoms with Gasteiger partial charge in [-0.05, 0) is 37.1 Å². The Morgan fingerprint density at radius 1 is 1.23 bits per heavy atom. The van der Waals surface area contributed by atoms with E-state index >= 15 is 0 Å². The average molecular weight is 455 g/mol. The molecule has 1 fully saturated rings. The summed E-state index contributed by atoms with van der Waals surface area (Å²) in [6.45, 7) is 0.639. The zero-order valence-corrected chi connectivity index (χ0v) is 18.4. The fraction of sp³-hybridized carbons (Fsp3) is 0.381. The number of halogens is 2. The van der Waals surface area contributed by atoms with Gasteiger partial charge in [0.1, 0.15) is 11.6 Å². The van der Waals surface area contributed by atoms with E-state index in [1.807, 2.05) is 0 Å². The summed E-state index contributed by atoms with van der Waals surface area (Å²) in [5.41, 5.74) is 0.449. The Morgan fingerprint density at radius 3 is 2.50 bits per heavy atom. The number of hydrogen-bond donors (Lipinski definition) is 0. The molecule has 0 N–H and O–H groups in total. The maximum Gasteiger partial charge on any atom is 0.243 e. The van der Waals surface area contributed by atoms with Crippen LogP contribution in [0.2, 0.25) is 5.02 Å². The van der Waals surface area contributed by atoms with E-state index in [-0.39, 0.29) is 47.2 Å². The average Bonchev–Trinajstić information content (AvgIpc) is 2.74. The molecule has 1 saturated heterocycles. The van der Waals surface area contributed by atoms with Crippen LogP contribution in [-0.2, 0) is 21.4 Å². The monoisotopic (exact) mass is 454 g/mol. The van der Waals surface area contributed by atoms with Gasteiger partial charge in [0.05, 0.1) is 17.0 Å². The van der Waals surface area contributed by atoms with Gasteiger partial charge in [0.25, 0.3) is 0 Å². The quantitative estimate of drug-likeness (QED) is 0.669. The van der Waals surface area contributed by atoms with E-state index in [9.17, 15) is 17.6 Å². The third kappa shape index (κ3) is 4.77. The maximum atomic E-state index is 13.8. The van der Waals surface area contributed by atoms with Crippen LogP contribution < -0.4 is 4.74 Å². The number of sulfonamides is 1. The smallest absolute Gasteiger partial charge is 0.243 e. The Bertz CT molecular complexity index is 1020. The van der Waals surface area contributed by atoms with Crippen molar-refractivity contribution in [1.29, 1.82) is 0 Å². The lowest BCUT2D eigenvalue weighted by atomic mass is 9.96. The van der Waals surface area contributed by atoms with Crippen LogP contribution in [0.3, 0.4) is 0 Å². The Balaban J connectivity index is 1.63. The summed E-state index contributed by atoms with van der Waals surface area (Å²) in [6, 6.07) is 10.7. The van der Waals surface area contributed by atoms with Gasteiger partial charge in [-0.1, -0.05) is 29.8 Å². The van der Waals surface area contributed by atoms with Crippen molar-refractivity contribution in [1.82, 2.24) is 9.21 Å². The summed E-state index contributed by atoms with van der Waals surface area (Å²) in [6.07, 6.45) is 0.813. The van der Waals surface area contributed by atoms with Crippen molar-refractivity contribution in [3.8, 4) is 5.75 Å². The van der Waals surface area contributed by atoms with Crippen LogP contribution in [0.15, 0.2) is 47.4 Å². The Labute approximate surface area is 181 Å². The number of ether oxygens (including phenoxy) is 1. The van der Waals surface area contributed by atoms with Crippen molar-refractivity contribution in [2.24, 2.45) is 5.92 Å². The van der Waals surface area contributed by atoms with E-state index in [2.05, 4.69) is 0 Å². The molecule has 0 bridgehead atoms. The predicted octanol–water partition coefficient (Wildman–Crippen LogP) is 3.55. The zero-order valence-electron chi connectivity index (χ0n) is 16.8. The molecular weight excluding hydrogens is 431 g/mol. The number of benzene rings is 2. The lowest BCUT2D eigenvalue weighted by Gasteiger charge is -2.32. The van der Waals surface area contributed by atoms with Gasteiger partial charge < -0.3 is 9.64 Å². The minimum Gasteiger partial charge on any atom is -0.495 e. The number of piperidine rings is 1. The van der Waals surface area contributed by atoms with Crippen LogP contribution in [-0.4, -0.2) is 50.8 Å². The number of carbonyl (C=O) groups excluding carboxylic acids is 1. The minimum atomic E-state index is -3.71. The molecule has 0 aliphatic carbocycles. The lowest BCUT2D eigenvalue weighted by molar-refractivity contribution is -0.136. The van der Waals surface area contributed by atoms with E-state index < -0.39 is 10.0 Å². The standard InChI is InChI=1S/C21H24ClFN2O4S/c1-24(14-16-5-3-4-6-19(16)23)21(26)15-9-11-25(12-10-15)30(27,28)17-7-8-20(29-2)18(22)13-17/h3-8,13,15H,9-12,14H2,1-2H3. The molecule has 0 spiro atoms. The van der Waals surface area contributed by atoms with E-state index in [0.717, 1.165) is 0 Å². The second kappa shape index (κ2) is 9.32. The molecule has 6 nitrogen and oxygen atoms in total. The molecule has 162 valence electrons. The second-order valence-corrected chi connectivity index (χ2v) is 9.61. The molecule has 0 saturated carbocycles. The van der Waals surface area contributed by atoms with Gasteiger partial charge in [-0.2, -0.15) is 4.31 Å². The zero-order chi connectivity index (χ0) is 21.9. The second-order valence-electron chi connectivity index (χ2n) is 7.26. The highest BCUT2D eigenvalue weighted by atomic mass is 35.5. The Hall–Kier alpha value is -2.16. The van der Waals surface area contributed by atoms with E-state index in [1.165, 1.54) is 40.6 Å². The van der Waals surface area contributed by atoms with Crippen molar-refractivity contribution in [2.45, 2.75) is 24.3 Å². The molecule has 0 aromatic heterocycles. The summed E-state index contributed by atoms with van der Waals surface area (Å²) in [5.74, 6) is -0.357. The first-order chi connectivity index (χ1) is 14.2. The number of hydrogen-bond acceptors (Lipinski definition) is 4. The fourth-order valence-corrected chi connectivity index (χ4v) is 5.39. The van der Waals surface area contributed by atoms with Crippen molar-refractivity contribution in [2.75, 3.05) is 27.2 Å². The number of carbonyl (C=O) groups is 1. The molecule has 9 heteroatoms. The third-order valence-corrected chi connectivity index (χ3v) is 7.50. The normalized spacial score (nSPS) is 15.7. The topological polar surface area (TPSA) is 66.9 Å². The molecule has 0 atom stereocenters. The van der Waals surface area contributed by atoms with Crippen molar-refractivity contribution >= 4 is 27.5 Å². The van der Waals surface area contributed by atoms with Crippen molar-refractivity contribution < 1.29 is 22.3 Å². The highest BCUT2D eigenvalue weighted by molar-refractivity contribution is 7.89. The largest absolute Gasteiger partial charge is 0.495 e. The first-order valence-corrected chi connectivity index (χ1v) is 11.4. The Morgan fingerprint density at radius 2 is 1.90 bits per heavy atom. The fourth-order valence-electron chi connectivity index (χ4n) is 3.57. The number of nitrogens with zero attached hydrogens (tertiary/aromatic N) is 2. The highest BCUT2D eigenvalue weighted by Gasteiger charge is 2.33. The summed E-state index contributed by atoms with van der Waals surface area (Å²) < 4.78 is 46.1. The molecule has 3 rings (SSSR count). The van der Waals surface area contributed by atoms with Crippen LogP contribution in [0.1, 0.15) is 18.4 Å². The number of amides is 1. The van der Waals surface area contributed by atoms with Gasteiger partial charge in [-0.3, -0.25) is 4.79 Å². The van der Waals surface area contributed by atoms with Crippen LogP contribution in [0.25, 0.3) is 0 Å². The van der Waals surface area contributed by atoms with Crippen molar-refractivity contribution in [3.05, 3.63) is 58.9 Å². The molecule has 2 aromatic carbocycles. The van der Waals surface area contributed by atoms with Gasteiger partial charge >= 0.3 is 0 Å². The molecule has 1 heterocycles. The van der Waals surface area contributed by atoms with Gasteiger partial charge in [0, 0.05) is 38.2 Å². The predicted molar refractivity (Wildman–Crippen MR) is 112 cm³/mol. The van der Waals surface area contributed by atoms with Gasteiger partial charge in [0.15, 0.2) is 0 Å². The molecule has 1 amide bonds. The molecule has 0 unspecified atom stereocenters. The Kier molecular flexibility index (Phi) is 7.00. The van der Waals surface area contributed by atoms with E-state index in [4.69, 9.17) is 16.3 Å². The van der Waals surface area contributed by atoms with Crippen LogP contribution in [0.5, 0.6) is 5.75 Å². The molecule has 1 aliphatic rings. The number of methoxy groups -OCH3 is 1. The summed E-state index contributed by atoms with van der Waals surface area (Å²) in [4.78, 5) is 14.3. The SMILES string of the molecule is COc1ccc(S(=O)(=O)N2CCC(C(=O)N(C)Cc3ccccc3F)CC2)cc1Cl. The molecule has 2 aromatic rings. The lowest BCUT2D eigenvalue weighted by Crippen LogP contribution is -2.43. The third-order valence-electron chi connectivity index (χ3n) is 5.31.